The standard InChI is InChI=1S/C5H5F4N/c1-10-4(3-6)2-5(7,8)9/h4H,2-3H2. The van der Waals surface area contributed by atoms with Crippen LogP contribution in [0.4, 0.5) is 17.6 Å². The van der Waals surface area contributed by atoms with Gasteiger partial charge in [0.15, 0.2) is 6.67 Å². The molecular weight excluding hydrogens is 150 g/mol. The first-order chi connectivity index (χ1) is 4.49. The van der Waals surface area contributed by atoms with Crippen molar-refractivity contribution < 1.29 is 17.6 Å². The molecule has 0 radical (unpaired) electrons. The molecule has 0 aliphatic carbocycles. The molecule has 0 fully saturated rings. The molecule has 1 unspecified atom stereocenters. The fraction of sp³-hybridized carbons (Fsp3) is 0.800. The van der Waals surface area contributed by atoms with E-state index in [0.29, 0.717) is 0 Å². The maximum Gasteiger partial charge on any atom is 0.396 e. The molecule has 0 heterocycles. The number of alkyl halides is 4. The molecule has 10 heavy (non-hydrogen) atoms. The van der Waals surface area contributed by atoms with E-state index in [9.17, 15) is 17.6 Å². The van der Waals surface area contributed by atoms with E-state index in [0.717, 1.165) is 0 Å². The zero-order valence-electron chi connectivity index (χ0n) is 4.95. The largest absolute Gasteiger partial charge is 0.396 e. The Kier molecular flexibility index (Phi) is 3.13. The molecule has 0 aromatic heterocycles. The Morgan fingerprint density at radius 2 is 1.90 bits per heavy atom. The van der Waals surface area contributed by atoms with Crippen molar-refractivity contribution in [2.45, 2.75) is 18.6 Å². The highest BCUT2D eigenvalue weighted by atomic mass is 19.4. The summed E-state index contributed by atoms with van der Waals surface area (Å²) in [6.07, 6.45) is -5.78. The van der Waals surface area contributed by atoms with Gasteiger partial charge < -0.3 is 4.85 Å². The highest BCUT2D eigenvalue weighted by Crippen LogP contribution is 2.22. The van der Waals surface area contributed by atoms with Crippen LogP contribution in [0.2, 0.25) is 0 Å². The minimum absolute atomic E-state index is 1.23. The summed E-state index contributed by atoms with van der Waals surface area (Å²) in [7, 11) is 0. The average molecular weight is 155 g/mol. The van der Waals surface area contributed by atoms with Crippen LogP contribution in [0, 0.1) is 6.57 Å². The third-order valence-corrected chi connectivity index (χ3v) is 0.828. The second kappa shape index (κ2) is 3.40. The van der Waals surface area contributed by atoms with Crippen LogP contribution in [0.1, 0.15) is 6.42 Å². The van der Waals surface area contributed by atoms with Crippen molar-refractivity contribution in [1.29, 1.82) is 0 Å². The van der Waals surface area contributed by atoms with E-state index in [1.165, 1.54) is 0 Å². The molecule has 58 valence electrons. The van der Waals surface area contributed by atoms with E-state index in [1.807, 2.05) is 0 Å². The van der Waals surface area contributed by atoms with E-state index in [4.69, 9.17) is 6.57 Å². The Bertz CT molecular complexity index is 134. The van der Waals surface area contributed by atoms with Crippen molar-refractivity contribution in [2.24, 2.45) is 0 Å². The summed E-state index contributed by atoms with van der Waals surface area (Å²) in [6, 6.07) is -1.56. The molecule has 5 heteroatoms. The molecule has 0 spiro atoms. The maximum atomic E-state index is 11.5. The highest BCUT2D eigenvalue weighted by Gasteiger charge is 2.35. The Balaban J connectivity index is 3.78. The number of nitrogens with zero attached hydrogens (tertiary/aromatic N) is 1. The van der Waals surface area contributed by atoms with Crippen LogP contribution in [0.3, 0.4) is 0 Å². The first kappa shape index (κ1) is 9.21. The SMILES string of the molecule is [C-]#[N+]C(CF)CC(F)(F)F. The van der Waals surface area contributed by atoms with Gasteiger partial charge in [0.05, 0.1) is 0 Å². The summed E-state index contributed by atoms with van der Waals surface area (Å²) >= 11 is 0. The van der Waals surface area contributed by atoms with Gasteiger partial charge in [-0.15, -0.1) is 0 Å². The van der Waals surface area contributed by atoms with Gasteiger partial charge in [0.1, 0.15) is 6.42 Å². The molecule has 0 rings (SSSR count). The summed E-state index contributed by atoms with van der Waals surface area (Å²) in [5.41, 5.74) is 0. The topological polar surface area (TPSA) is 4.36 Å². The van der Waals surface area contributed by atoms with E-state index in [2.05, 4.69) is 4.85 Å². The number of hydrogen-bond donors (Lipinski definition) is 0. The first-order valence-electron chi connectivity index (χ1n) is 2.49. The molecule has 0 bridgehead atoms. The smallest absolute Gasteiger partial charge is 0.310 e. The fourth-order valence-corrected chi connectivity index (χ4v) is 0.402. The van der Waals surface area contributed by atoms with Crippen molar-refractivity contribution in [2.75, 3.05) is 6.67 Å². The Labute approximate surface area is 55.5 Å². The van der Waals surface area contributed by atoms with E-state index in [-0.39, 0.29) is 0 Å². The van der Waals surface area contributed by atoms with Gasteiger partial charge in [-0.1, -0.05) is 0 Å². The van der Waals surface area contributed by atoms with Crippen molar-refractivity contribution >= 4 is 0 Å². The monoisotopic (exact) mass is 155 g/mol. The van der Waals surface area contributed by atoms with Crippen LogP contribution in [-0.4, -0.2) is 18.9 Å². The first-order valence-corrected chi connectivity index (χ1v) is 2.49. The van der Waals surface area contributed by atoms with Gasteiger partial charge in [-0.05, 0) is 0 Å². The molecule has 0 aliphatic rings. The minimum Gasteiger partial charge on any atom is -0.310 e. The maximum absolute atomic E-state index is 11.5. The third kappa shape index (κ3) is 4.13. The molecule has 0 amide bonds. The van der Waals surface area contributed by atoms with Gasteiger partial charge in [0, 0.05) is 0 Å². The average Bonchev–Trinajstić information content (AvgIpc) is 1.81. The van der Waals surface area contributed by atoms with Crippen LogP contribution in [0.15, 0.2) is 0 Å². The molecule has 1 nitrogen and oxygen atoms in total. The summed E-state index contributed by atoms with van der Waals surface area (Å²) in [5.74, 6) is 0. The molecule has 1 atom stereocenters. The van der Waals surface area contributed by atoms with Crippen LogP contribution >= 0.6 is 0 Å². The van der Waals surface area contributed by atoms with Gasteiger partial charge in [-0.3, -0.25) is 0 Å². The summed E-state index contributed by atoms with van der Waals surface area (Å²) < 4.78 is 45.6. The van der Waals surface area contributed by atoms with Crippen LogP contribution in [0.5, 0.6) is 0 Å². The van der Waals surface area contributed by atoms with E-state index in [1.54, 1.807) is 0 Å². The minimum atomic E-state index is -4.43. The summed E-state index contributed by atoms with van der Waals surface area (Å²) in [5, 5.41) is 0. The molecule has 0 N–H and O–H groups in total. The lowest BCUT2D eigenvalue weighted by Crippen LogP contribution is -2.18. The zero-order valence-corrected chi connectivity index (χ0v) is 4.95. The normalized spacial score (nSPS) is 14.3. The Morgan fingerprint density at radius 1 is 1.40 bits per heavy atom. The van der Waals surface area contributed by atoms with Crippen LogP contribution in [-0.2, 0) is 0 Å². The number of rotatable bonds is 2. The second-order valence-corrected chi connectivity index (χ2v) is 1.76. The molecule has 0 saturated carbocycles. The molecule has 0 aliphatic heterocycles. The van der Waals surface area contributed by atoms with Gasteiger partial charge in [-0.2, -0.15) is 13.2 Å². The summed E-state index contributed by atoms with van der Waals surface area (Å²) in [6.45, 7) is 4.89. The van der Waals surface area contributed by atoms with Crippen molar-refractivity contribution in [1.82, 2.24) is 0 Å². The van der Waals surface area contributed by atoms with Gasteiger partial charge in [-0.25, -0.2) is 11.0 Å². The van der Waals surface area contributed by atoms with E-state index >= 15 is 0 Å². The lowest BCUT2D eigenvalue weighted by molar-refractivity contribution is -0.136. The number of halogens is 4. The molecule has 0 aromatic carbocycles. The quantitative estimate of drug-likeness (QED) is 0.425. The molecule has 0 aromatic rings. The predicted molar refractivity (Wildman–Crippen MR) is 27.0 cm³/mol. The van der Waals surface area contributed by atoms with Gasteiger partial charge in [0.25, 0.3) is 6.04 Å². The third-order valence-electron chi connectivity index (χ3n) is 0.828. The Morgan fingerprint density at radius 3 is 2.00 bits per heavy atom. The Hall–Kier alpha value is -0.790. The van der Waals surface area contributed by atoms with Crippen molar-refractivity contribution in [3.05, 3.63) is 11.4 Å². The van der Waals surface area contributed by atoms with Crippen molar-refractivity contribution in [3.63, 3.8) is 0 Å². The summed E-state index contributed by atoms with van der Waals surface area (Å²) in [4.78, 5) is 2.45. The lowest BCUT2D eigenvalue weighted by Gasteiger charge is -2.04. The molecule has 0 saturated heterocycles. The lowest BCUT2D eigenvalue weighted by atomic mass is 10.2. The predicted octanol–water partition coefficient (Wildman–Crippen LogP) is 2.20. The van der Waals surface area contributed by atoms with Crippen LogP contribution < -0.4 is 0 Å². The van der Waals surface area contributed by atoms with Gasteiger partial charge >= 0.3 is 6.18 Å². The van der Waals surface area contributed by atoms with Crippen molar-refractivity contribution in [3.8, 4) is 0 Å². The fourth-order valence-electron chi connectivity index (χ4n) is 0.402. The second-order valence-electron chi connectivity index (χ2n) is 1.76. The number of hydrogen-bond acceptors (Lipinski definition) is 0. The van der Waals surface area contributed by atoms with Gasteiger partial charge in [0.2, 0.25) is 0 Å². The van der Waals surface area contributed by atoms with Crippen LogP contribution in [0.25, 0.3) is 4.85 Å². The highest BCUT2D eigenvalue weighted by molar-refractivity contribution is 4.80. The zero-order chi connectivity index (χ0) is 8.20. The molecular formula is C5H5F4N. The van der Waals surface area contributed by atoms with E-state index < -0.39 is 25.3 Å².